The van der Waals surface area contributed by atoms with Gasteiger partial charge in [-0.1, -0.05) is 49.0 Å². The van der Waals surface area contributed by atoms with E-state index in [-0.39, 0.29) is 11.4 Å². The number of nitrogens with zero attached hydrogens (tertiary/aromatic N) is 2. The number of aromatic nitrogens is 2. The third kappa shape index (κ3) is 4.23. The second-order valence-electron chi connectivity index (χ2n) is 6.64. The second kappa shape index (κ2) is 7.94. The maximum atomic E-state index is 13.5. The van der Waals surface area contributed by atoms with Gasteiger partial charge in [-0.05, 0) is 32.4 Å². The fourth-order valence-corrected chi connectivity index (χ4v) is 2.97. The van der Waals surface area contributed by atoms with E-state index in [4.69, 9.17) is 0 Å². The maximum absolute atomic E-state index is 13.5. The Kier molecular flexibility index (Phi) is 5.57. The molecule has 6 heteroatoms. The Balaban J connectivity index is 2.11. The first-order chi connectivity index (χ1) is 13.7. The van der Waals surface area contributed by atoms with Crippen LogP contribution in [-0.4, -0.2) is 9.97 Å². The van der Waals surface area contributed by atoms with Crippen LogP contribution in [0.3, 0.4) is 0 Å². The lowest BCUT2D eigenvalue weighted by molar-refractivity contribution is -0.137. The molecule has 0 saturated heterocycles. The predicted octanol–water partition coefficient (Wildman–Crippen LogP) is 6.33. The van der Waals surface area contributed by atoms with Gasteiger partial charge in [-0.3, -0.25) is 0 Å². The Labute approximate surface area is 167 Å². The number of hydrogen-bond acceptors (Lipinski definition) is 3. The van der Waals surface area contributed by atoms with Crippen LogP contribution >= 0.6 is 0 Å². The quantitative estimate of drug-likeness (QED) is 0.525. The fraction of sp³-hybridized carbons (Fsp3) is 0.174. The number of aryl methyl sites for hydroxylation is 2. The summed E-state index contributed by atoms with van der Waals surface area (Å²) in [5, 5.41) is 3.17. The summed E-state index contributed by atoms with van der Waals surface area (Å²) in [5.74, 6) is 0.426. The van der Waals surface area contributed by atoms with Crippen LogP contribution in [0.25, 0.3) is 17.1 Å². The van der Waals surface area contributed by atoms with E-state index < -0.39 is 11.7 Å². The number of anilines is 1. The van der Waals surface area contributed by atoms with Crippen LogP contribution in [0.2, 0.25) is 0 Å². The molecule has 29 heavy (non-hydrogen) atoms. The van der Waals surface area contributed by atoms with Crippen molar-refractivity contribution >= 4 is 11.5 Å². The van der Waals surface area contributed by atoms with Crippen molar-refractivity contribution in [2.75, 3.05) is 5.32 Å². The van der Waals surface area contributed by atoms with E-state index in [0.717, 1.165) is 22.8 Å². The zero-order valence-corrected chi connectivity index (χ0v) is 16.4. The van der Waals surface area contributed by atoms with Crippen molar-refractivity contribution in [3.8, 4) is 11.4 Å². The van der Waals surface area contributed by atoms with E-state index in [2.05, 4.69) is 27.6 Å². The van der Waals surface area contributed by atoms with E-state index in [9.17, 15) is 13.2 Å². The first-order valence-corrected chi connectivity index (χ1v) is 8.97. The Morgan fingerprint density at radius 1 is 0.966 bits per heavy atom. The Morgan fingerprint density at radius 3 is 2.28 bits per heavy atom. The van der Waals surface area contributed by atoms with Crippen molar-refractivity contribution in [2.24, 2.45) is 0 Å². The van der Waals surface area contributed by atoms with Crippen molar-refractivity contribution in [2.45, 2.75) is 26.9 Å². The van der Waals surface area contributed by atoms with Gasteiger partial charge in [-0.15, -0.1) is 5.73 Å². The highest BCUT2D eigenvalue weighted by Gasteiger charge is 2.34. The van der Waals surface area contributed by atoms with Gasteiger partial charge < -0.3 is 5.32 Å². The van der Waals surface area contributed by atoms with Crippen LogP contribution in [0.15, 0.2) is 60.8 Å². The normalized spacial score (nSPS) is 11.1. The molecule has 0 radical (unpaired) electrons. The number of nitrogens with one attached hydrogen (secondary N) is 1. The molecule has 0 unspecified atom stereocenters. The van der Waals surface area contributed by atoms with Crippen molar-refractivity contribution < 1.29 is 13.2 Å². The summed E-state index contributed by atoms with van der Waals surface area (Å²) in [6, 6.07) is 13.0. The first kappa shape index (κ1) is 20.4. The standard InChI is InChI=1S/C23H20F3N3/c1-5-20(17-11-7-6-10-14(17)2)28-21-15(3)16(4)27-22(29-21)18-12-8-9-13-19(18)23(24,25)26/h6-13H,1H2,2-4H3,(H,27,28,29). The van der Waals surface area contributed by atoms with Crippen LogP contribution in [0.1, 0.15) is 27.9 Å². The number of alkyl halides is 3. The molecule has 0 fully saturated rings. The summed E-state index contributed by atoms with van der Waals surface area (Å²) in [7, 11) is 0. The van der Waals surface area contributed by atoms with Gasteiger partial charge in [-0.25, -0.2) is 9.97 Å². The van der Waals surface area contributed by atoms with E-state index >= 15 is 0 Å². The summed E-state index contributed by atoms with van der Waals surface area (Å²) in [5.41, 5.74) is 5.84. The monoisotopic (exact) mass is 395 g/mol. The minimum atomic E-state index is -4.50. The molecule has 0 aliphatic rings. The van der Waals surface area contributed by atoms with E-state index in [0.29, 0.717) is 17.2 Å². The molecular weight excluding hydrogens is 375 g/mol. The zero-order chi connectivity index (χ0) is 21.2. The minimum Gasteiger partial charge on any atom is -0.333 e. The molecule has 0 aliphatic carbocycles. The molecule has 3 nitrogen and oxygen atoms in total. The summed E-state index contributed by atoms with van der Waals surface area (Å²) < 4.78 is 40.4. The summed E-state index contributed by atoms with van der Waals surface area (Å²) >= 11 is 0. The van der Waals surface area contributed by atoms with E-state index in [1.54, 1.807) is 13.0 Å². The average molecular weight is 395 g/mol. The van der Waals surface area contributed by atoms with Gasteiger partial charge in [0.05, 0.1) is 11.3 Å². The van der Waals surface area contributed by atoms with Crippen LogP contribution < -0.4 is 5.32 Å². The molecule has 3 rings (SSSR count). The molecule has 1 heterocycles. The molecule has 0 bridgehead atoms. The fourth-order valence-electron chi connectivity index (χ4n) is 2.97. The highest BCUT2D eigenvalue weighted by Crippen LogP contribution is 2.36. The van der Waals surface area contributed by atoms with Crippen LogP contribution in [0.4, 0.5) is 19.0 Å². The zero-order valence-electron chi connectivity index (χ0n) is 16.4. The molecular formula is C23H20F3N3. The SMILES string of the molecule is C=C=C(Nc1nc(-c2ccccc2C(F)(F)F)nc(C)c1C)c1ccccc1C. The van der Waals surface area contributed by atoms with Crippen molar-refractivity contribution in [1.82, 2.24) is 9.97 Å². The average Bonchev–Trinajstić information content (AvgIpc) is 2.69. The minimum absolute atomic E-state index is 0.0109. The number of halogens is 3. The van der Waals surface area contributed by atoms with Gasteiger partial charge in [-0.2, -0.15) is 13.2 Å². The Morgan fingerprint density at radius 2 is 1.62 bits per heavy atom. The highest BCUT2D eigenvalue weighted by atomic mass is 19.4. The maximum Gasteiger partial charge on any atom is 0.417 e. The Bertz CT molecular complexity index is 1110. The first-order valence-electron chi connectivity index (χ1n) is 8.97. The molecule has 0 aliphatic heterocycles. The summed E-state index contributed by atoms with van der Waals surface area (Å²) in [6.45, 7) is 9.25. The molecule has 3 aromatic rings. The molecule has 2 aromatic carbocycles. The molecule has 0 amide bonds. The third-order valence-electron chi connectivity index (χ3n) is 4.70. The van der Waals surface area contributed by atoms with Crippen molar-refractivity contribution in [3.05, 3.63) is 88.8 Å². The lowest BCUT2D eigenvalue weighted by Crippen LogP contribution is -2.10. The van der Waals surface area contributed by atoms with E-state index in [1.165, 1.54) is 12.1 Å². The largest absolute Gasteiger partial charge is 0.417 e. The molecule has 1 aromatic heterocycles. The van der Waals surface area contributed by atoms with Gasteiger partial charge in [0, 0.05) is 22.4 Å². The molecule has 0 saturated carbocycles. The van der Waals surface area contributed by atoms with E-state index in [1.807, 2.05) is 38.1 Å². The second-order valence-corrected chi connectivity index (χ2v) is 6.64. The van der Waals surface area contributed by atoms with Gasteiger partial charge >= 0.3 is 6.18 Å². The van der Waals surface area contributed by atoms with Gasteiger partial charge in [0.15, 0.2) is 5.82 Å². The predicted molar refractivity (Wildman–Crippen MR) is 109 cm³/mol. The summed E-state index contributed by atoms with van der Waals surface area (Å²) in [6.07, 6.45) is -4.50. The van der Waals surface area contributed by atoms with Crippen LogP contribution in [0, 0.1) is 20.8 Å². The topological polar surface area (TPSA) is 37.8 Å². The molecule has 0 spiro atoms. The summed E-state index contributed by atoms with van der Waals surface area (Å²) in [4.78, 5) is 8.71. The van der Waals surface area contributed by atoms with Crippen LogP contribution in [-0.2, 0) is 6.18 Å². The van der Waals surface area contributed by atoms with Gasteiger partial charge in [0.25, 0.3) is 0 Å². The lowest BCUT2D eigenvalue weighted by atomic mass is 10.1. The van der Waals surface area contributed by atoms with Crippen LogP contribution in [0.5, 0.6) is 0 Å². The lowest BCUT2D eigenvalue weighted by Gasteiger charge is -2.17. The molecule has 148 valence electrons. The highest BCUT2D eigenvalue weighted by molar-refractivity contribution is 5.78. The Hall–Kier alpha value is -3.37. The molecule has 0 atom stereocenters. The van der Waals surface area contributed by atoms with Gasteiger partial charge in [0.1, 0.15) is 5.82 Å². The number of rotatable bonds is 4. The molecule has 1 N–H and O–H groups in total. The number of benzene rings is 2. The smallest absolute Gasteiger partial charge is 0.333 e. The third-order valence-corrected chi connectivity index (χ3v) is 4.70. The number of hydrogen-bond donors (Lipinski definition) is 1. The van der Waals surface area contributed by atoms with Gasteiger partial charge in [0.2, 0.25) is 0 Å². The van der Waals surface area contributed by atoms with Crippen molar-refractivity contribution in [3.63, 3.8) is 0 Å². The van der Waals surface area contributed by atoms with Crippen molar-refractivity contribution in [1.29, 1.82) is 0 Å².